The van der Waals surface area contributed by atoms with Crippen molar-refractivity contribution in [2.45, 2.75) is 38.3 Å². The van der Waals surface area contributed by atoms with Crippen molar-refractivity contribution in [1.82, 2.24) is 19.8 Å². The Morgan fingerprint density at radius 1 is 1.25 bits per heavy atom. The van der Waals surface area contributed by atoms with E-state index >= 15 is 4.39 Å². The van der Waals surface area contributed by atoms with Crippen LogP contribution in [0.2, 0.25) is 5.02 Å². The molecule has 1 aromatic carbocycles. The molecule has 0 radical (unpaired) electrons. The minimum absolute atomic E-state index is 0.0550. The lowest BCUT2D eigenvalue weighted by Crippen LogP contribution is -2.30. The van der Waals surface area contributed by atoms with Crippen molar-refractivity contribution in [3.05, 3.63) is 51.9 Å². The van der Waals surface area contributed by atoms with E-state index in [1.807, 2.05) is 0 Å². The Kier molecular flexibility index (Phi) is 5.62. The second kappa shape index (κ2) is 8.72. The molecule has 186 valence electrons. The summed E-state index contributed by atoms with van der Waals surface area (Å²) in [4.78, 5) is 32.0. The van der Waals surface area contributed by atoms with Gasteiger partial charge in [0.2, 0.25) is 0 Å². The van der Waals surface area contributed by atoms with Gasteiger partial charge < -0.3 is 20.1 Å². The van der Waals surface area contributed by atoms with Crippen molar-refractivity contribution in [3.63, 3.8) is 0 Å². The third-order valence-corrected chi connectivity index (χ3v) is 8.15. The first-order valence-corrected chi connectivity index (χ1v) is 12.8. The first-order valence-electron chi connectivity index (χ1n) is 11.7. The molecule has 4 heterocycles. The maximum absolute atomic E-state index is 15.7. The lowest BCUT2D eigenvalue weighted by molar-refractivity contribution is 0.0769. The van der Waals surface area contributed by atoms with Crippen LogP contribution >= 0.6 is 22.9 Å². The van der Waals surface area contributed by atoms with E-state index in [1.165, 1.54) is 28.2 Å². The van der Waals surface area contributed by atoms with Gasteiger partial charge in [-0.15, -0.1) is 11.3 Å². The van der Waals surface area contributed by atoms with Gasteiger partial charge in [0.1, 0.15) is 5.75 Å². The fraction of sp³-hybridized carbons (Fsp3) is 0.320. The highest BCUT2D eigenvalue weighted by molar-refractivity contribution is 7.21. The van der Waals surface area contributed by atoms with Crippen LogP contribution in [0.25, 0.3) is 21.1 Å². The summed E-state index contributed by atoms with van der Waals surface area (Å²) >= 11 is 7.67. The maximum Gasteiger partial charge on any atom is 0.326 e. The molecule has 2 N–H and O–H groups in total. The summed E-state index contributed by atoms with van der Waals surface area (Å²) in [6.45, 7) is 2.47. The Hall–Kier alpha value is -3.21. The number of hydrogen-bond donors (Lipinski definition) is 2. The van der Waals surface area contributed by atoms with Crippen molar-refractivity contribution in [1.29, 1.82) is 0 Å². The monoisotopic (exact) mass is 528 g/mol. The molecule has 36 heavy (non-hydrogen) atoms. The number of rotatable bonds is 4. The number of fused-ring (bicyclic) bond motifs is 2. The van der Waals surface area contributed by atoms with Crippen molar-refractivity contribution in [2.24, 2.45) is 0 Å². The highest BCUT2D eigenvalue weighted by atomic mass is 35.5. The summed E-state index contributed by atoms with van der Waals surface area (Å²) in [5.74, 6) is -0.563. The Morgan fingerprint density at radius 2 is 2.06 bits per heavy atom. The van der Waals surface area contributed by atoms with Gasteiger partial charge in [0.25, 0.3) is 5.91 Å². The summed E-state index contributed by atoms with van der Waals surface area (Å²) in [6, 6.07) is 6.17. The predicted octanol–water partition coefficient (Wildman–Crippen LogP) is 5.07. The van der Waals surface area contributed by atoms with Crippen LogP contribution in [0.4, 0.5) is 9.18 Å². The van der Waals surface area contributed by atoms with Crippen LogP contribution in [0.5, 0.6) is 11.5 Å². The quantitative estimate of drug-likeness (QED) is 0.385. The lowest BCUT2D eigenvalue weighted by Gasteiger charge is -2.13. The van der Waals surface area contributed by atoms with E-state index in [-0.39, 0.29) is 34.1 Å². The number of aliphatic hydroxyl groups excluding tert-OH is 1. The third-order valence-electron chi connectivity index (χ3n) is 6.56. The second-order valence-corrected chi connectivity index (χ2v) is 10.6. The molecule has 2 amide bonds. The van der Waals surface area contributed by atoms with Gasteiger partial charge in [-0.1, -0.05) is 11.6 Å². The molecule has 1 saturated heterocycles. The Labute approximate surface area is 214 Å². The molecule has 11 heteroatoms. The van der Waals surface area contributed by atoms with Crippen LogP contribution in [-0.4, -0.2) is 56.7 Å². The number of likely N-dealkylation sites (tertiary alicyclic amines) is 1. The van der Waals surface area contributed by atoms with E-state index in [0.717, 1.165) is 12.8 Å². The highest BCUT2D eigenvalue weighted by Crippen LogP contribution is 2.40. The maximum atomic E-state index is 15.7. The smallest absolute Gasteiger partial charge is 0.326 e. The molecule has 0 bridgehead atoms. The molecule has 4 aromatic rings. The molecule has 1 atom stereocenters. The summed E-state index contributed by atoms with van der Waals surface area (Å²) in [6.07, 6.45) is 3.44. The standard InChI is InChI=1S/C25H22ClFN4O4S/c1-12-21(26)20-16(31(12)25(34)29-13-2-3-13)4-5-17(22(20)27)35-18-6-8-28-15-10-19(36-23(15)18)24(33)30-9-7-14(32)11-30/h4-6,8,10,13-14,32H,2-3,7,9,11H2,1H3,(H,29,34). The van der Waals surface area contributed by atoms with Gasteiger partial charge >= 0.3 is 6.03 Å². The number of nitrogens with zero attached hydrogens (tertiary/aromatic N) is 3. The summed E-state index contributed by atoms with van der Waals surface area (Å²) < 4.78 is 23.6. The Bertz CT molecular complexity index is 1550. The average Bonchev–Trinajstić information content (AvgIpc) is 3.27. The second-order valence-electron chi connectivity index (χ2n) is 9.16. The number of carbonyl (C=O) groups is 2. The van der Waals surface area contributed by atoms with E-state index < -0.39 is 11.9 Å². The van der Waals surface area contributed by atoms with Gasteiger partial charge in [0, 0.05) is 37.1 Å². The number of thiophene rings is 1. The van der Waals surface area contributed by atoms with Gasteiger partial charge in [-0.2, -0.15) is 0 Å². The molecule has 2 aliphatic rings. The van der Waals surface area contributed by atoms with Crippen LogP contribution in [0.15, 0.2) is 30.5 Å². The highest BCUT2D eigenvalue weighted by Gasteiger charge is 2.29. The summed E-state index contributed by atoms with van der Waals surface area (Å²) in [5, 5.41) is 12.9. The van der Waals surface area contributed by atoms with Gasteiger partial charge in [-0.3, -0.25) is 14.3 Å². The van der Waals surface area contributed by atoms with Gasteiger partial charge in [-0.05, 0) is 44.4 Å². The number of nitrogens with one attached hydrogen (secondary N) is 1. The molecule has 1 aliphatic carbocycles. The molecular weight excluding hydrogens is 507 g/mol. The Morgan fingerprint density at radius 3 is 2.78 bits per heavy atom. The minimum Gasteiger partial charge on any atom is -0.453 e. The number of carbonyl (C=O) groups excluding carboxylic acids is 2. The van der Waals surface area contributed by atoms with E-state index in [9.17, 15) is 14.7 Å². The first-order chi connectivity index (χ1) is 17.3. The van der Waals surface area contributed by atoms with Gasteiger partial charge in [-0.25, -0.2) is 9.18 Å². The van der Waals surface area contributed by atoms with Crippen molar-refractivity contribution >= 4 is 56.0 Å². The predicted molar refractivity (Wildman–Crippen MR) is 135 cm³/mol. The topological polar surface area (TPSA) is 96.7 Å². The summed E-state index contributed by atoms with van der Waals surface area (Å²) in [5.41, 5.74) is 1.36. The SMILES string of the molecule is Cc1c(Cl)c2c(F)c(Oc3ccnc4cc(C(=O)N5CCC(O)C5)sc34)ccc2n1C(=O)NC1CC1. The molecule has 6 rings (SSSR count). The number of β-amino-alcohol motifs (C(OH)–C–C–N with tert-alkyl or cyclic N) is 1. The number of halogens is 2. The molecule has 8 nitrogen and oxygen atoms in total. The molecule has 1 saturated carbocycles. The zero-order valence-corrected chi connectivity index (χ0v) is 20.8. The number of ether oxygens (including phenoxy) is 1. The van der Waals surface area contributed by atoms with Crippen LogP contribution in [-0.2, 0) is 0 Å². The molecule has 3 aromatic heterocycles. The number of amides is 2. The van der Waals surface area contributed by atoms with Crippen molar-refractivity contribution in [2.75, 3.05) is 13.1 Å². The Balaban J connectivity index is 1.35. The van der Waals surface area contributed by atoms with E-state index in [0.29, 0.717) is 51.6 Å². The number of aromatic nitrogens is 2. The molecule has 1 unspecified atom stereocenters. The van der Waals surface area contributed by atoms with Gasteiger partial charge in [0.05, 0.1) is 37.1 Å². The molecule has 2 fully saturated rings. The van der Waals surface area contributed by atoms with Crippen LogP contribution in [0.1, 0.15) is 34.6 Å². The molecule has 0 spiro atoms. The van der Waals surface area contributed by atoms with Crippen molar-refractivity contribution < 1.29 is 23.8 Å². The van der Waals surface area contributed by atoms with E-state index in [2.05, 4.69) is 10.3 Å². The normalized spacial score (nSPS) is 17.8. The zero-order valence-electron chi connectivity index (χ0n) is 19.3. The fourth-order valence-electron chi connectivity index (χ4n) is 4.51. The van der Waals surface area contributed by atoms with Gasteiger partial charge in [0.15, 0.2) is 11.6 Å². The fourth-order valence-corrected chi connectivity index (χ4v) is 5.81. The summed E-state index contributed by atoms with van der Waals surface area (Å²) in [7, 11) is 0. The van der Waals surface area contributed by atoms with Crippen molar-refractivity contribution in [3.8, 4) is 11.5 Å². The third kappa shape index (κ3) is 3.89. The largest absolute Gasteiger partial charge is 0.453 e. The van der Waals surface area contributed by atoms with Crippen LogP contribution in [0, 0.1) is 12.7 Å². The number of hydrogen-bond acceptors (Lipinski definition) is 6. The number of benzene rings is 1. The van der Waals surface area contributed by atoms with E-state index in [4.69, 9.17) is 16.3 Å². The minimum atomic E-state index is -0.678. The first kappa shape index (κ1) is 23.2. The van der Waals surface area contributed by atoms with Crippen LogP contribution in [0.3, 0.4) is 0 Å². The lowest BCUT2D eigenvalue weighted by atomic mass is 10.2. The zero-order chi connectivity index (χ0) is 25.1. The van der Waals surface area contributed by atoms with Crippen LogP contribution < -0.4 is 10.1 Å². The number of pyridine rings is 1. The number of aliphatic hydroxyl groups is 1. The molecule has 1 aliphatic heterocycles. The molecular formula is C25H22ClFN4O4S. The average molecular weight is 529 g/mol. The van der Waals surface area contributed by atoms with E-state index in [1.54, 1.807) is 30.0 Å².